The van der Waals surface area contributed by atoms with E-state index >= 15 is 0 Å². The lowest BCUT2D eigenvalue weighted by Crippen LogP contribution is -2.51. The molecule has 0 radical (unpaired) electrons. The van der Waals surface area contributed by atoms with Gasteiger partial charge in [0.2, 0.25) is 5.91 Å². The van der Waals surface area contributed by atoms with Crippen molar-refractivity contribution < 1.29 is 14.7 Å². The van der Waals surface area contributed by atoms with Crippen molar-refractivity contribution >= 4 is 11.9 Å². The summed E-state index contributed by atoms with van der Waals surface area (Å²) in [6, 6.07) is 10.4. The number of carboxylic acids is 1. The lowest BCUT2D eigenvalue weighted by atomic mass is 9.75. The highest BCUT2D eigenvalue weighted by atomic mass is 16.4. The Morgan fingerprint density at radius 2 is 1.79 bits per heavy atom. The van der Waals surface area contributed by atoms with Crippen LogP contribution >= 0.6 is 0 Å². The molecule has 2 N–H and O–H groups in total. The first kappa shape index (κ1) is 20.8. The Morgan fingerprint density at radius 1 is 1.17 bits per heavy atom. The van der Waals surface area contributed by atoms with Crippen molar-refractivity contribution in [1.29, 1.82) is 10.5 Å². The first-order chi connectivity index (χ1) is 13.9. The summed E-state index contributed by atoms with van der Waals surface area (Å²) in [5.74, 6) is -0.802. The van der Waals surface area contributed by atoms with Crippen LogP contribution in [0.2, 0.25) is 0 Å². The van der Waals surface area contributed by atoms with Gasteiger partial charge in [-0.3, -0.25) is 4.79 Å². The molecule has 0 spiro atoms. The number of rotatable bonds is 5. The topological polar surface area (TPSA) is 117 Å². The van der Waals surface area contributed by atoms with Crippen molar-refractivity contribution in [2.24, 2.45) is 0 Å². The molecule has 29 heavy (non-hydrogen) atoms. The Kier molecular flexibility index (Phi) is 6.20. The lowest BCUT2D eigenvalue weighted by Gasteiger charge is -2.39. The second-order valence-electron chi connectivity index (χ2n) is 8.29. The molecular weight excluding hydrogens is 368 g/mol. The molecule has 2 atom stereocenters. The number of hydrogen-bond acceptors (Lipinski definition) is 5. The van der Waals surface area contributed by atoms with E-state index < -0.39 is 18.1 Å². The Labute approximate surface area is 170 Å². The largest absolute Gasteiger partial charge is 0.478 e. The van der Waals surface area contributed by atoms with Crippen LogP contribution in [-0.4, -0.2) is 46.1 Å². The summed E-state index contributed by atoms with van der Waals surface area (Å²) in [5, 5.41) is 31.0. The SMILES string of the molecule is CC1(NCC(=O)N2[C@H](C#N)CC[C@@H]2C#N)CCC(c2cccc(C(=O)O)c2)CC1. The molecular formula is C22H26N4O3. The molecule has 7 heteroatoms. The van der Waals surface area contributed by atoms with Gasteiger partial charge in [0.25, 0.3) is 0 Å². The van der Waals surface area contributed by atoms with Crippen LogP contribution in [0.5, 0.6) is 0 Å². The van der Waals surface area contributed by atoms with E-state index in [1.165, 1.54) is 4.90 Å². The fraction of sp³-hybridized carbons (Fsp3) is 0.545. The van der Waals surface area contributed by atoms with Gasteiger partial charge < -0.3 is 15.3 Å². The van der Waals surface area contributed by atoms with E-state index in [4.69, 9.17) is 0 Å². The van der Waals surface area contributed by atoms with Crippen molar-refractivity contribution in [3.05, 3.63) is 35.4 Å². The number of benzene rings is 1. The van der Waals surface area contributed by atoms with Crippen molar-refractivity contribution in [1.82, 2.24) is 10.2 Å². The molecule has 1 heterocycles. The average Bonchev–Trinajstić information content (AvgIpc) is 3.16. The maximum absolute atomic E-state index is 12.7. The fourth-order valence-corrected chi connectivity index (χ4v) is 4.48. The van der Waals surface area contributed by atoms with Crippen molar-refractivity contribution in [3.8, 4) is 12.1 Å². The number of nitriles is 2. The zero-order valence-electron chi connectivity index (χ0n) is 16.6. The number of carbonyl (C=O) groups excluding carboxylic acids is 1. The average molecular weight is 394 g/mol. The monoisotopic (exact) mass is 394 g/mol. The summed E-state index contributed by atoms with van der Waals surface area (Å²) < 4.78 is 0. The zero-order valence-corrected chi connectivity index (χ0v) is 16.6. The minimum atomic E-state index is -0.916. The summed E-state index contributed by atoms with van der Waals surface area (Å²) in [5.41, 5.74) is 1.17. The van der Waals surface area contributed by atoms with Gasteiger partial charge in [-0.05, 0) is 69.1 Å². The molecule has 0 bridgehead atoms. The van der Waals surface area contributed by atoms with E-state index in [-0.39, 0.29) is 18.0 Å². The number of carbonyl (C=O) groups is 2. The van der Waals surface area contributed by atoms with Gasteiger partial charge in [-0.2, -0.15) is 10.5 Å². The Hall–Kier alpha value is -2.90. The third-order valence-corrected chi connectivity index (χ3v) is 6.33. The first-order valence-corrected chi connectivity index (χ1v) is 10.1. The quantitative estimate of drug-likeness (QED) is 0.793. The van der Waals surface area contributed by atoms with Crippen molar-refractivity contribution in [3.63, 3.8) is 0 Å². The third kappa shape index (κ3) is 4.58. The number of aromatic carboxylic acids is 1. The molecule has 3 rings (SSSR count). The van der Waals surface area contributed by atoms with Crippen molar-refractivity contribution in [2.45, 2.75) is 69.0 Å². The van der Waals surface area contributed by atoms with Crippen LogP contribution in [0.1, 0.15) is 67.3 Å². The Morgan fingerprint density at radius 3 is 2.34 bits per heavy atom. The van der Waals surface area contributed by atoms with Crippen LogP contribution in [0.3, 0.4) is 0 Å². The summed E-state index contributed by atoms with van der Waals surface area (Å²) in [6.07, 6.45) is 4.65. The number of amides is 1. The number of nitrogens with zero attached hydrogens (tertiary/aromatic N) is 3. The maximum Gasteiger partial charge on any atom is 0.335 e. The van der Waals surface area contributed by atoms with Crippen LogP contribution in [0.4, 0.5) is 0 Å². The second kappa shape index (κ2) is 8.63. The Bertz CT molecular complexity index is 840. The molecule has 0 aromatic heterocycles. The van der Waals surface area contributed by atoms with Gasteiger partial charge in [0.1, 0.15) is 12.1 Å². The summed E-state index contributed by atoms with van der Waals surface area (Å²) in [7, 11) is 0. The third-order valence-electron chi connectivity index (χ3n) is 6.33. The highest BCUT2D eigenvalue weighted by Gasteiger charge is 2.38. The molecule has 1 aliphatic carbocycles. The molecule has 152 valence electrons. The van der Waals surface area contributed by atoms with Gasteiger partial charge in [0, 0.05) is 5.54 Å². The first-order valence-electron chi connectivity index (χ1n) is 10.1. The van der Waals surface area contributed by atoms with E-state index in [9.17, 15) is 25.2 Å². The van der Waals surface area contributed by atoms with E-state index in [0.717, 1.165) is 31.2 Å². The van der Waals surface area contributed by atoms with Gasteiger partial charge in [-0.15, -0.1) is 0 Å². The van der Waals surface area contributed by atoms with Gasteiger partial charge in [0.05, 0.1) is 24.2 Å². The number of nitrogens with one attached hydrogen (secondary N) is 1. The van der Waals surface area contributed by atoms with Gasteiger partial charge >= 0.3 is 5.97 Å². The van der Waals surface area contributed by atoms with E-state index in [1.807, 2.05) is 6.07 Å². The fourth-order valence-electron chi connectivity index (χ4n) is 4.48. The molecule has 7 nitrogen and oxygen atoms in total. The van der Waals surface area contributed by atoms with Crippen LogP contribution < -0.4 is 5.32 Å². The molecule has 1 saturated heterocycles. The summed E-state index contributed by atoms with van der Waals surface area (Å²) >= 11 is 0. The lowest BCUT2D eigenvalue weighted by molar-refractivity contribution is -0.131. The van der Waals surface area contributed by atoms with Crippen LogP contribution in [-0.2, 0) is 4.79 Å². The normalized spacial score (nSPS) is 29.1. The predicted molar refractivity (Wildman–Crippen MR) is 106 cm³/mol. The summed E-state index contributed by atoms with van der Waals surface area (Å²) in [6.45, 7) is 2.21. The van der Waals surface area contributed by atoms with E-state index in [0.29, 0.717) is 24.3 Å². The molecule has 2 fully saturated rings. The molecule has 2 aliphatic rings. The highest BCUT2D eigenvalue weighted by Crippen LogP contribution is 2.38. The van der Waals surface area contributed by atoms with Crippen LogP contribution in [0.25, 0.3) is 0 Å². The molecule has 1 aromatic carbocycles. The predicted octanol–water partition coefficient (Wildman–Crippen LogP) is 2.80. The molecule has 0 unspecified atom stereocenters. The minimum Gasteiger partial charge on any atom is -0.478 e. The highest BCUT2D eigenvalue weighted by molar-refractivity contribution is 5.87. The molecule has 1 aliphatic heterocycles. The van der Waals surface area contributed by atoms with E-state index in [1.54, 1.807) is 18.2 Å². The van der Waals surface area contributed by atoms with Crippen molar-refractivity contribution in [2.75, 3.05) is 6.54 Å². The Balaban J connectivity index is 1.56. The van der Waals surface area contributed by atoms with Gasteiger partial charge in [-0.25, -0.2) is 4.79 Å². The smallest absolute Gasteiger partial charge is 0.335 e. The van der Waals surface area contributed by atoms with E-state index in [2.05, 4.69) is 24.4 Å². The zero-order chi connectivity index (χ0) is 21.0. The number of hydrogen-bond donors (Lipinski definition) is 2. The standard InChI is InChI=1S/C22H26N4O3/c1-22(25-14-20(27)26-18(12-23)5-6-19(26)13-24)9-7-15(8-10-22)16-3-2-4-17(11-16)21(28)29/h2-4,11,15,18-19,25H,5-10,14H2,1H3,(H,28,29)/t15?,18-,19+,22?. The van der Waals surface area contributed by atoms with Gasteiger partial charge in [0.15, 0.2) is 0 Å². The number of carboxylic acid groups (broad SMARTS) is 1. The van der Waals surface area contributed by atoms with Gasteiger partial charge in [-0.1, -0.05) is 12.1 Å². The molecule has 1 aromatic rings. The maximum atomic E-state index is 12.7. The summed E-state index contributed by atoms with van der Waals surface area (Å²) in [4.78, 5) is 25.3. The second-order valence-corrected chi connectivity index (χ2v) is 8.29. The number of likely N-dealkylation sites (tertiary alicyclic amines) is 1. The molecule has 1 saturated carbocycles. The molecule has 1 amide bonds. The minimum absolute atomic E-state index is 0.117. The van der Waals surface area contributed by atoms with Crippen LogP contribution in [0, 0.1) is 22.7 Å². The van der Waals surface area contributed by atoms with Crippen LogP contribution in [0.15, 0.2) is 24.3 Å².